The van der Waals surface area contributed by atoms with Crippen LogP contribution in [0, 0.1) is 0 Å². The molecule has 0 fully saturated rings. The Morgan fingerprint density at radius 2 is 2.11 bits per heavy atom. The van der Waals surface area contributed by atoms with E-state index >= 15 is 0 Å². The van der Waals surface area contributed by atoms with Gasteiger partial charge in [-0.25, -0.2) is 0 Å². The predicted octanol–water partition coefficient (Wildman–Crippen LogP) is 2.00. The highest BCUT2D eigenvalue weighted by atomic mass is 16.2. The Kier molecular flexibility index (Phi) is 4.59. The molecule has 1 aromatic carbocycles. The predicted molar refractivity (Wildman–Crippen MR) is 78.2 cm³/mol. The number of likely N-dealkylation sites (N-methyl/N-ethyl adjacent to an activating group) is 1. The lowest BCUT2D eigenvalue weighted by atomic mass is 9.88. The van der Waals surface area contributed by atoms with E-state index in [1.165, 1.54) is 11.1 Å². The van der Waals surface area contributed by atoms with Crippen LogP contribution in [0.5, 0.6) is 0 Å². The molecule has 1 aliphatic rings. The molecule has 0 radical (unpaired) electrons. The van der Waals surface area contributed by atoms with Crippen LogP contribution >= 0.6 is 0 Å². The van der Waals surface area contributed by atoms with Crippen LogP contribution in [0.3, 0.4) is 0 Å². The van der Waals surface area contributed by atoms with Crippen molar-refractivity contribution in [1.82, 2.24) is 10.2 Å². The number of nitrogens with zero attached hydrogens (tertiary/aromatic N) is 1. The monoisotopic (exact) mass is 260 g/mol. The lowest BCUT2D eigenvalue weighted by Gasteiger charge is -2.29. The van der Waals surface area contributed by atoms with E-state index in [-0.39, 0.29) is 11.9 Å². The lowest BCUT2D eigenvalue weighted by Crippen LogP contribution is -2.48. The molecule has 104 valence electrons. The van der Waals surface area contributed by atoms with E-state index < -0.39 is 0 Å². The van der Waals surface area contributed by atoms with Crippen molar-refractivity contribution in [3.8, 4) is 0 Å². The standard InChI is InChI=1S/C16H24N2O/c1-4-18(3)16(19)12(2)17-15-10-9-13-7-5-6-8-14(13)11-15/h5-8,12,15,17H,4,9-11H2,1-3H3. The van der Waals surface area contributed by atoms with Crippen molar-refractivity contribution in [2.75, 3.05) is 13.6 Å². The summed E-state index contributed by atoms with van der Waals surface area (Å²) in [5.74, 6) is 0.182. The zero-order valence-electron chi connectivity index (χ0n) is 12.1. The van der Waals surface area contributed by atoms with Crippen molar-refractivity contribution in [1.29, 1.82) is 0 Å². The van der Waals surface area contributed by atoms with Crippen LogP contribution in [0.2, 0.25) is 0 Å². The summed E-state index contributed by atoms with van der Waals surface area (Å²) in [6.45, 7) is 4.73. The highest BCUT2D eigenvalue weighted by Crippen LogP contribution is 2.21. The maximum absolute atomic E-state index is 12.1. The fraction of sp³-hybridized carbons (Fsp3) is 0.562. The largest absolute Gasteiger partial charge is 0.345 e. The van der Waals surface area contributed by atoms with E-state index in [0.717, 1.165) is 25.8 Å². The second-order valence-corrected chi connectivity index (χ2v) is 5.45. The van der Waals surface area contributed by atoms with Gasteiger partial charge in [0.05, 0.1) is 6.04 Å². The molecule has 0 saturated heterocycles. The number of aryl methyl sites for hydroxylation is 1. The second kappa shape index (κ2) is 6.20. The minimum Gasteiger partial charge on any atom is -0.345 e. The van der Waals surface area contributed by atoms with Gasteiger partial charge in [0.15, 0.2) is 0 Å². The number of hydrogen-bond acceptors (Lipinski definition) is 2. The minimum absolute atomic E-state index is 0.0970. The third-order valence-electron chi connectivity index (χ3n) is 4.05. The Hall–Kier alpha value is -1.35. The number of rotatable bonds is 4. The minimum atomic E-state index is -0.0970. The summed E-state index contributed by atoms with van der Waals surface area (Å²) in [6.07, 6.45) is 3.26. The van der Waals surface area contributed by atoms with Crippen LogP contribution < -0.4 is 5.32 Å². The summed E-state index contributed by atoms with van der Waals surface area (Å²) < 4.78 is 0. The zero-order chi connectivity index (χ0) is 13.8. The first kappa shape index (κ1) is 14.1. The fourth-order valence-electron chi connectivity index (χ4n) is 2.75. The van der Waals surface area contributed by atoms with Gasteiger partial charge >= 0.3 is 0 Å². The molecule has 2 atom stereocenters. The van der Waals surface area contributed by atoms with Crippen LogP contribution in [-0.2, 0) is 17.6 Å². The SMILES string of the molecule is CCN(C)C(=O)C(C)NC1CCc2ccccc2C1. The van der Waals surface area contributed by atoms with Gasteiger partial charge < -0.3 is 10.2 Å². The van der Waals surface area contributed by atoms with Crippen molar-refractivity contribution in [2.45, 2.75) is 45.2 Å². The summed E-state index contributed by atoms with van der Waals surface area (Å²) in [4.78, 5) is 13.8. The summed E-state index contributed by atoms with van der Waals surface area (Å²) in [7, 11) is 1.86. The van der Waals surface area contributed by atoms with Gasteiger partial charge in [0.2, 0.25) is 5.91 Å². The first-order valence-electron chi connectivity index (χ1n) is 7.19. The molecular formula is C16H24N2O. The van der Waals surface area contributed by atoms with Crippen molar-refractivity contribution in [3.05, 3.63) is 35.4 Å². The van der Waals surface area contributed by atoms with Crippen molar-refractivity contribution < 1.29 is 4.79 Å². The number of hydrogen-bond donors (Lipinski definition) is 1. The fourth-order valence-corrected chi connectivity index (χ4v) is 2.75. The van der Waals surface area contributed by atoms with Gasteiger partial charge in [-0.15, -0.1) is 0 Å². The molecule has 19 heavy (non-hydrogen) atoms. The first-order valence-corrected chi connectivity index (χ1v) is 7.19. The van der Waals surface area contributed by atoms with Gasteiger partial charge in [0, 0.05) is 19.6 Å². The molecule has 1 amide bonds. The second-order valence-electron chi connectivity index (χ2n) is 5.45. The van der Waals surface area contributed by atoms with Crippen LogP contribution in [-0.4, -0.2) is 36.5 Å². The molecule has 0 aliphatic heterocycles. The van der Waals surface area contributed by atoms with Crippen molar-refractivity contribution >= 4 is 5.91 Å². The number of nitrogens with one attached hydrogen (secondary N) is 1. The third-order valence-corrected chi connectivity index (χ3v) is 4.05. The van der Waals surface area contributed by atoms with Crippen LogP contribution in [0.4, 0.5) is 0 Å². The van der Waals surface area contributed by atoms with E-state index in [4.69, 9.17) is 0 Å². The van der Waals surface area contributed by atoms with Gasteiger partial charge in [0.25, 0.3) is 0 Å². The quantitative estimate of drug-likeness (QED) is 0.898. The molecule has 1 aliphatic carbocycles. The lowest BCUT2D eigenvalue weighted by molar-refractivity contribution is -0.131. The number of fused-ring (bicyclic) bond motifs is 1. The van der Waals surface area contributed by atoms with Gasteiger partial charge in [-0.05, 0) is 44.2 Å². The van der Waals surface area contributed by atoms with E-state index in [1.54, 1.807) is 4.90 Å². The van der Waals surface area contributed by atoms with E-state index in [1.807, 2.05) is 20.9 Å². The molecule has 3 heteroatoms. The van der Waals surface area contributed by atoms with E-state index in [0.29, 0.717) is 6.04 Å². The summed E-state index contributed by atoms with van der Waals surface area (Å²) in [5.41, 5.74) is 2.89. The molecule has 3 nitrogen and oxygen atoms in total. The van der Waals surface area contributed by atoms with Gasteiger partial charge in [0.1, 0.15) is 0 Å². The molecule has 2 unspecified atom stereocenters. The first-order chi connectivity index (χ1) is 9.11. The number of carbonyl (C=O) groups is 1. The molecule has 0 aromatic heterocycles. The zero-order valence-corrected chi connectivity index (χ0v) is 12.1. The Morgan fingerprint density at radius 1 is 1.42 bits per heavy atom. The highest BCUT2D eigenvalue weighted by molar-refractivity contribution is 5.81. The number of carbonyl (C=O) groups excluding carboxylic acids is 1. The summed E-state index contributed by atoms with van der Waals surface area (Å²) in [6, 6.07) is 8.94. The van der Waals surface area contributed by atoms with Crippen LogP contribution in [0.1, 0.15) is 31.4 Å². The van der Waals surface area contributed by atoms with E-state index in [9.17, 15) is 4.79 Å². The molecular weight excluding hydrogens is 236 g/mol. The molecule has 0 saturated carbocycles. The average molecular weight is 260 g/mol. The van der Waals surface area contributed by atoms with Gasteiger partial charge in [-0.3, -0.25) is 4.79 Å². The van der Waals surface area contributed by atoms with Crippen LogP contribution in [0.15, 0.2) is 24.3 Å². The third kappa shape index (κ3) is 3.35. The normalized spacial score (nSPS) is 19.6. The molecule has 1 N–H and O–H groups in total. The summed E-state index contributed by atoms with van der Waals surface area (Å²) >= 11 is 0. The molecule has 0 heterocycles. The van der Waals surface area contributed by atoms with Gasteiger partial charge in [-0.2, -0.15) is 0 Å². The topological polar surface area (TPSA) is 32.3 Å². The maximum Gasteiger partial charge on any atom is 0.239 e. The van der Waals surface area contributed by atoms with Crippen LogP contribution in [0.25, 0.3) is 0 Å². The Bertz CT molecular complexity index is 444. The number of amides is 1. The highest BCUT2D eigenvalue weighted by Gasteiger charge is 2.23. The Balaban J connectivity index is 1.93. The summed E-state index contributed by atoms with van der Waals surface area (Å²) in [5, 5.41) is 3.48. The Labute approximate surface area is 116 Å². The smallest absolute Gasteiger partial charge is 0.239 e. The maximum atomic E-state index is 12.1. The Morgan fingerprint density at radius 3 is 2.79 bits per heavy atom. The molecule has 2 rings (SSSR count). The number of benzene rings is 1. The molecule has 0 spiro atoms. The average Bonchev–Trinajstić information content (AvgIpc) is 2.45. The molecule has 0 bridgehead atoms. The molecule has 1 aromatic rings. The van der Waals surface area contributed by atoms with Crippen molar-refractivity contribution in [2.24, 2.45) is 0 Å². The van der Waals surface area contributed by atoms with E-state index in [2.05, 4.69) is 29.6 Å². The van der Waals surface area contributed by atoms with Gasteiger partial charge in [-0.1, -0.05) is 24.3 Å². The van der Waals surface area contributed by atoms with Crippen molar-refractivity contribution in [3.63, 3.8) is 0 Å².